The van der Waals surface area contributed by atoms with Crippen LogP contribution in [-0.4, -0.2) is 45.2 Å². The molecule has 2 N–H and O–H groups in total. The van der Waals surface area contributed by atoms with Crippen LogP contribution in [0.4, 0.5) is 5.69 Å². The van der Waals surface area contributed by atoms with Crippen molar-refractivity contribution in [1.82, 2.24) is 9.62 Å². The van der Waals surface area contributed by atoms with Gasteiger partial charge in [0, 0.05) is 32.7 Å². The fraction of sp³-hybridized carbons (Fsp3) is 0.263. The average Bonchev–Trinajstić information content (AvgIpc) is 2.63. The third-order valence-corrected chi connectivity index (χ3v) is 6.27. The Morgan fingerprint density at radius 2 is 1.79 bits per heavy atom. The monoisotopic (exact) mass is 423 g/mol. The topological polar surface area (TPSA) is 95.6 Å². The van der Waals surface area contributed by atoms with Crippen molar-refractivity contribution in [3.05, 3.63) is 58.6 Å². The van der Waals surface area contributed by atoms with Crippen LogP contribution in [0.2, 0.25) is 5.02 Å². The van der Waals surface area contributed by atoms with Crippen molar-refractivity contribution in [2.45, 2.75) is 18.2 Å². The molecular formula is C19H22ClN3O4S. The van der Waals surface area contributed by atoms with E-state index in [0.717, 1.165) is 4.31 Å². The highest BCUT2D eigenvalue weighted by Gasteiger charge is 2.20. The van der Waals surface area contributed by atoms with Crippen LogP contribution < -0.4 is 10.6 Å². The maximum atomic E-state index is 12.4. The first-order valence-corrected chi connectivity index (χ1v) is 10.3. The molecule has 0 radical (unpaired) electrons. The Hall–Kier alpha value is -2.42. The van der Waals surface area contributed by atoms with E-state index in [0.29, 0.717) is 21.8 Å². The number of nitrogens with one attached hydrogen (secondary N) is 2. The van der Waals surface area contributed by atoms with E-state index in [2.05, 4.69) is 10.6 Å². The lowest BCUT2D eigenvalue weighted by atomic mass is 10.2. The van der Waals surface area contributed by atoms with Gasteiger partial charge in [-0.3, -0.25) is 9.59 Å². The molecule has 0 atom stereocenters. The Labute approximate surface area is 169 Å². The van der Waals surface area contributed by atoms with Crippen molar-refractivity contribution in [1.29, 1.82) is 0 Å². The van der Waals surface area contributed by atoms with Gasteiger partial charge in [-0.1, -0.05) is 29.8 Å². The largest absolute Gasteiger partial charge is 0.351 e. The van der Waals surface area contributed by atoms with Crippen LogP contribution in [0.25, 0.3) is 0 Å². The molecule has 2 aromatic carbocycles. The maximum Gasteiger partial charge on any atom is 0.252 e. The Morgan fingerprint density at radius 1 is 1.11 bits per heavy atom. The van der Waals surface area contributed by atoms with Crippen LogP contribution >= 0.6 is 11.6 Å². The van der Waals surface area contributed by atoms with Gasteiger partial charge in [-0.05, 0) is 36.8 Å². The van der Waals surface area contributed by atoms with E-state index in [4.69, 9.17) is 11.6 Å². The number of carbonyl (C=O) groups is 2. The van der Waals surface area contributed by atoms with E-state index in [1.165, 1.54) is 20.2 Å². The first-order valence-electron chi connectivity index (χ1n) is 8.48. The lowest BCUT2D eigenvalue weighted by Crippen LogP contribution is -2.28. The van der Waals surface area contributed by atoms with E-state index in [-0.39, 0.29) is 29.7 Å². The summed E-state index contributed by atoms with van der Waals surface area (Å²) in [6.07, 6.45) is 0.0276. The van der Waals surface area contributed by atoms with Crippen molar-refractivity contribution in [3.63, 3.8) is 0 Å². The van der Waals surface area contributed by atoms with Gasteiger partial charge < -0.3 is 10.6 Å². The fourth-order valence-electron chi connectivity index (χ4n) is 2.41. The van der Waals surface area contributed by atoms with Gasteiger partial charge in [-0.25, -0.2) is 12.7 Å². The molecule has 0 aromatic heterocycles. The number of sulfonamides is 1. The molecule has 0 heterocycles. The van der Waals surface area contributed by atoms with E-state index in [1.54, 1.807) is 43.3 Å². The smallest absolute Gasteiger partial charge is 0.252 e. The van der Waals surface area contributed by atoms with Gasteiger partial charge >= 0.3 is 0 Å². The number of aryl methyl sites for hydroxylation is 1. The summed E-state index contributed by atoms with van der Waals surface area (Å²) in [4.78, 5) is 24.3. The molecule has 28 heavy (non-hydrogen) atoms. The fourth-order valence-corrected chi connectivity index (χ4v) is 3.77. The molecule has 0 unspecified atom stereocenters. The number of carbonyl (C=O) groups excluding carboxylic acids is 2. The predicted molar refractivity (Wildman–Crippen MR) is 109 cm³/mol. The summed E-state index contributed by atoms with van der Waals surface area (Å²) in [6.45, 7) is 1.80. The summed E-state index contributed by atoms with van der Waals surface area (Å²) in [6, 6.07) is 11.3. The third-order valence-electron chi connectivity index (χ3n) is 3.99. The molecule has 2 amide bonds. The van der Waals surface area contributed by atoms with Crippen LogP contribution in [0.1, 0.15) is 22.3 Å². The first-order chi connectivity index (χ1) is 13.1. The van der Waals surface area contributed by atoms with Gasteiger partial charge in [-0.2, -0.15) is 0 Å². The maximum absolute atomic E-state index is 12.4. The molecule has 0 aliphatic carbocycles. The normalized spacial score (nSPS) is 11.3. The summed E-state index contributed by atoms with van der Waals surface area (Å²) in [5.74, 6) is -0.718. The highest BCUT2D eigenvalue weighted by Crippen LogP contribution is 2.22. The van der Waals surface area contributed by atoms with Gasteiger partial charge in [0.15, 0.2) is 0 Å². The number of anilines is 1. The van der Waals surface area contributed by atoms with Crippen molar-refractivity contribution in [3.8, 4) is 0 Å². The zero-order valence-corrected chi connectivity index (χ0v) is 17.4. The molecule has 7 nitrogen and oxygen atoms in total. The molecule has 0 aliphatic rings. The molecule has 0 bridgehead atoms. The molecule has 9 heteroatoms. The SMILES string of the molecule is Cc1ccc(NC(=O)CCNC(=O)c2ccccc2Cl)cc1S(=O)(=O)N(C)C. The van der Waals surface area contributed by atoms with Crippen molar-refractivity contribution in [2.24, 2.45) is 0 Å². The molecule has 0 fully saturated rings. The summed E-state index contributed by atoms with van der Waals surface area (Å²) in [5.41, 5.74) is 1.29. The lowest BCUT2D eigenvalue weighted by Gasteiger charge is -2.15. The average molecular weight is 424 g/mol. The summed E-state index contributed by atoms with van der Waals surface area (Å²) in [7, 11) is -0.724. The minimum atomic E-state index is -3.62. The van der Waals surface area contributed by atoms with Crippen LogP contribution in [0.5, 0.6) is 0 Å². The number of benzene rings is 2. The Morgan fingerprint density at radius 3 is 2.43 bits per heavy atom. The van der Waals surface area contributed by atoms with Crippen LogP contribution in [0.3, 0.4) is 0 Å². The van der Waals surface area contributed by atoms with Crippen molar-refractivity contribution in [2.75, 3.05) is 26.0 Å². The standard InChI is InChI=1S/C19H22ClN3O4S/c1-13-8-9-14(12-17(13)28(26,27)23(2)3)22-18(24)10-11-21-19(25)15-6-4-5-7-16(15)20/h4-9,12H,10-11H2,1-3H3,(H,21,25)(H,22,24). The minimum absolute atomic E-state index is 0.0276. The van der Waals surface area contributed by atoms with E-state index >= 15 is 0 Å². The molecule has 0 aliphatic heterocycles. The van der Waals surface area contributed by atoms with E-state index in [9.17, 15) is 18.0 Å². The van der Waals surface area contributed by atoms with Crippen LogP contribution in [0.15, 0.2) is 47.4 Å². The third kappa shape index (κ3) is 5.31. The number of hydrogen-bond donors (Lipinski definition) is 2. The number of amides is 2. The van der Waals surface area contributed by atoms with Gasteiger partial charge in [-0.15, -0.1) is 0 Å². The molecule has 0 saturated heterocycles. The Bertz CT molecular complexity index is 990. The second kappa shape index (κ2) is 9.18. The molecule has 2 rings (SSSR count). The second-order valence-electron chi connectivity index (χ2n) is 6.30. The molecule has 0 saturated carbocycles. The van der Waals surface area contributed by atoms with Crippen molar-refractivity contribution < 1.29 is 18.0 Å². The number of nitrogens with zero attached hydrogens (tertiary/aromatic N) is 1. The summed E-state index contributed by atoms with van der Waals surface area (Å²) in [5, 5.41) is 5.61. The first kappa shape index (κ1) is 21.9. The Balaban J connectivity index is 1.97. The van der Waals surface area contributed by atoms with Gasteiger partial charge in [0.25, 0.3) is 5.91 Å². The number of hydrogen-bond acceptors (Lipinski definition) is 4. The van der Waals surface area contributed by atoms with Crippen molar-refractivity contribution >= 4 is 39.1 Å². The zero-order chi connectivity index (χ0) is 20.9. The summed E-state index contributed by atoms with van der Waals surface area (Å²) >= 11 is 5.96. The van der Waals surface area contributed by atoms with Gasteiger partial charge in [0.05, 0.1) is 15.5 Å². The molecule has 2 aromatic rings. The predicted octanol–water partition coefficient (Wildman–Crippen LogP) is 2.66. The van der Waals surface area contributed by atoms with Crippen LogP contribution in [-0.2, 0) is 14.8 Å². The quantitative estimate of drug-likeness (QED) is 0.715. The second-order valence-corrected chi connectivity index (χ2v) is 8.83. The molecule has 0 spiro atoms. The van der Waals surface area contributed by atoms with Gasteiger partial charge in [0.2, 0.25) is 15.9 Å². The van der Waals surface area contributed by atoms with Gasteiger partial charge in [0.1, 0.15) is 0 Å². The highest BCUT2D eigenvalue weighted by atomic mass is 35.5. The zero-order valence-electron chi connectivity index (χ0n) is 15.8. The lowest BCUT2D eigenvalue weighted by molar-refractivity contribution is -0.116. The summed E-state index contributed by atoms with van der Waals surface area (Å²) < 4.78 is 25.8. The highest BCUT2D eigenvalue weighted by molar-refractivity contribution is 7.89. The van der Waals surface area contributed by atoms with E-state index in [1.807, 2.05) is 0 Å². The number of rotatable bonds is 7. The molecule has 150 valence electrons. The minimum Gasteiger partial charge on any atom is -0.351 e. The van der Waals surface area contributed by atoms with Crippen LogP contribution in [0, 0.1) is 6.92 Å². The Kier molecular flexibility index (Phi) is 7.17. The van der Waals surface area contributed by atoms with E-state index < -0.39 is 10.0 Å². The molecular weight excluding hydrogens is 402 g/mol. The number of halogens is 1.